The van der Waals surface area contributed by atoms with Gasteiger partial charge in [-0.05, 0) is 25.7 Å². The van der Waals surface area contributed by atoms with Crippen molar-refractivity contribution in [2.24, 2.45) is 11.1 Å². The van der Waals surface area contributed by atoms with Gasteiger partial charge in [-0.1, -0.05) is 12.8 Å². The Balaban J connectivity index is 2.13. The Morgan fingerprint density at radius 1 is 1.64 bits per heavy atom. The second kappa shape index (κ2) is 3.26. The fourth-order valence-corrected chi connectivity index (χ4v) is 2.47. The number of nitrogens with one attached hydrogen (secondary N) is 1. The Morgan fingerprint density at radius 2 is 2.43 bits per heavy atom. The lowest BCUT2D eigenvalue weighted by molar-refractivity contribution is -0.129. The minimum absolute atomic E-state index is 0.0113. The molecular formula is C10H15N2O2. The van der Waals surface area contributed by atoms with Crippen LogP contribution in [-0.2, 0) is 9.59 Å². The molecule has 1 aliphatic carbocycles. The Kier molecular flexibility index (Phi) is 2.21. The summed E-state index contributed by atoms with van der Waals surface area (Å²) < 4.78 is 0. The van der Waals surface area contributed by atoms with Gasteiger partial charge in [-0.25, -0.2) is 0 Å². The number of carbonyl (C=O) groups excluding carboxylic acids is 2. The molecule has 2 unspecified atom stereocenters. The van der Waals surface area contributed by atoms with Crippen LogP contribution in [0, 0.1) is 11.8 Å². The average Bonchev–Trinajstić information content (AvgIpc) is 2.46. The third kappa shape index (κ3) is 1.38. The summed E-state index contributed by atoms with van der Waals surface area (Å²) in [6, 6.07) is -0.450. The Morgan fingerprint density at radius 3 is 2.93 bits per heavy atom. The summed E-state index contributed by atoms with van der Waals surface area (Å²) in [7, 11) is 0. The topological polar surface area (TPSA) is 72.2 Å². The molecular weight excluding hydrogens is 180 g/mol. The molecule has 14 heavy (non-hydrogen) atoms. The molecule has 1 radical (unpaired) electrons. The minimum atomic E-state index is -0.450. The van der Waals surface area contributed by atoms with Gasteiger partial charge in [0.05, 0.1) is 5.41 Å². The largest absolute Gasteiger partial charge is 0.368 e. The highest BCUT2D eigenvalue weighted by Crippen LogP contribution is 2.43. The van der Waals surface area contributed by atoms with E-state index in [4.69, 9.17) is 5.73 Å². The molecule has 0 aromatic carbocycles. The fourth-order valence-electron chi connectivity index (χ4n) is 2.47. The van der Waals surface area contributed by atoms with Gasteiger partial charge in [0.15, 0.2) is 0 Å². The van der Waals surface area contributed by atoms with Crippen LogP contribution in [0.3, 0.4) is 0 Å². The highest BCUT2D eigenvalue weighted by atomic mass is 16.2. The number of hydrogen-bond acceptors (Lipinski definition) is 2. The van der Waals surface area contributed by atoms with Gasteiger partial charge in [0.2, 0.25) is 11.8 Å². The predicted molar refractivity (Wildman–Crippen MR) is 50.9 cm³/mol. The molecule has 0 bridgehead atoms. The van der Waals surface area contributed by atoms with Crippen molar-refractivity contribution in [1.29, 1.82) is 0 Å². The van der Waals surface area contributed by atoms with Crippen LogP contribution in [0.4, 0.5) is 0 Å². The number of amides is 2. The molecule has 1 saturated carbocycles. The van der Waals surface area contributed by atoms with Crippen LogP contribution in [0.5, 0.6) is 0 Å². The Hall–Kier alpha value is -1.06. The van der Waals surface area contributed by atoms with Crippen LogP contribution >= 0.6 is 0 Å². The number of hydrogen-bond donors (Lipinski definition) is 2. The summed E-state index contributed by atoms with van der Waals surface area (Å²) in [4.78, 5) is 22.7. The van der Waals surface area contributed by atoms with Gasteiger partial charge in [-0.15, -0.1) is 0 Å². The van der Waals surface area contributed by atoms with Crippen molar-refractivity contribution in [3.05, 3.63) is 6.42 Å². The number of rotatable bonds is 1. The summed E-state index contributed by atoms with van der Waals surface area (Å²) in [6.07, 6.45) is 6.53. The van der Waals surface area contributed by atoms with Gasteiger partial charge in [0, 0.05) is 0 Å². The van der Waals surface area contributed by atoms with E-state index in [1.807, 2.05) is 0 Å². The highest BCUT2D eigenvalue weighted by Gasteiger charge is 2.48. The summed E-state index contributed by atoms with van der Waals surface area (Å²) in [5.41, 5.74) is 4.86. The molecule has 4 nitrogen and oxygen atoms in total. The zero-order valence-corrected chi connectivity index (χ0v) is 8.08. The van der Waals surface area contributed by atoms with E-state index in [2.05, 4.69) is 11.7 Å². The zero-order chi connectivity index (χ0) is 10.2. The van der Waals surface area contributed by atoms with Crippen LogP contribution < -0.4 is 11.1 Å². The zero-order valence-electron chi connectivity index (χ0n) is 8.08. The minimum Gasteiger partial charge on any atom is -0.368 e. The van der Waals surface area contributed by atoms with E-state index < -0.39 is 11.9 Å². The average molecular weight is 195 g/mol. The predicted octanol–water partition coefficient (Wildman–Crippen LogP) is 0.125. The fraction of sp³-hybridized carbons (Fsp3) is 0.700. The molecule has 1 aliphatic heterocycles. The molecule has 77 valence electrons. The Bertz CT molecular complexity index is 269. The first-order valence-corrected chi connectivity index (χ1v) is 5.06. The van der Waals surface area contributed by atoms with Crippen LogP contribution in [-0.4, -0.2) is 17.9 Å². The van der Waals surface area contributed by atoms with Crippen molar-refractivity contribution >= 4 is 11.8 Å². The third-order valence-electron chi connectivity index (χ3n) is 3.32. The van der Waals surface area contributed by atoms with Crippen molar-refractivity contribution in [3.63, 3.8) is 0 Å². The van der Waals surface area contributed by atoms with Crippen LogP contribution in [0.1, 0.15) is 32.1 Å². The van der Waals surface area contributed by atoms with Crippen molar-refractivity contribution in [1.82, 2.24) is 5.32 Å². The maximum Gasteiger partial charge on any atom is 0.240 e. The smallest absolute Gasteiger partial charge is 0.240 e. The highest BCUT2D eigenvalue weighted by molar-refractivity contribution is 5.93. The molecule has 2 rings (SSSR count). The van der Waals surface area contributed by atoms with Gasteiger partial charge in [0.1, 0.15) is 6.04 Å². The van der Waals surface area contributed by atoms with E-state index >= 15 is 0 Å². The molecule has 2 atom stereocenters. The molecule has 2 amide bonds. The van der Waals surface area contributed by atoms with E-state index in [1.54, 1.807) is 0 Å². The second-order valence-corrected chi connectivity index (χ2v) is 4.30. The quantitative estimate of drug-likeness (QED) is 0.624. The first-order valence-electron chi connectivity index (χ1n) is 5.06. The van der Waals surface area contributed by atoms with Crippen molar-refractivity contribution in [2.45, 2.75) is 38.1 Å². The SMILES string of the molecule is NC(=O)C1CC2(C[CH]CCC2)C(=O)N1. The van der Waals surface area contributed by atoms with E-state index in [0.717, 1.165) is 25.7 Å². The molecule has 0 aromatic heterocycles. The second-order valence-electron chi connectivity index (χ2n) is 4.30. The van der Waals surface area contributed by atoms with E-state index in [0.29, 0.717) is 6.42 Å². The van der Waals surface area contributed by atoms with Gasteiger partial charge in [0.25, 0.3) is 0 Å². The van der Waals surface area contributed by atoms with E-state index in [-0.39, 0.29) is 11.3 Å². The lowest BCUT2D eigenvalue weighted by Crippen LogP contribution is -2.38. The van der Waals surface area contributed by atoms with E-state index in [9.17, 15) is 9.59 Å². The van der Waals surface area contributed by atoms with E-state index in [1.165, 1.54) is 0 Å². The molecule has 4 heteroatoms. The van der Waals surface area contributed by atoms with Crippen molar-refractivity contribution < 1.29 is 9.59 Å². The molecule has 1 spiro atoms. The first-order chi connectivity index (χ1) is 6.64. The standard InChI is InChI=1S/C10H15N2O2/c11-8(13)7-6-10(9(14)12-7)4-2-1-3-5-10/h2,7H,1,3-6H2,(H2,11,13)(H,12,14). The van der Waals surface area contributed by atoms with Gasteiger partial charge in [-0.3, -0.25) is 9.59 Å². The first kappa shape index (κ1) is 9.49. The van der Waals surface area contributed by atoms with Crippen LogP contribution in [0.15, 0.2) is 0 Å². The van der Waals surface area contributed by atoms with Crippen LogP contribution in [0.25, 0.3) is 0 Å². The van der Waals surface area contributed by atoms with Crippen LogP contribution in [0.2, 0.25) is 0 Å². The van der Waals surface area contributed by atoms with Gasteiger partial charge in [-0.2, -0.15) is 0 Å². The maximum absolute atomic E-state index is 11.7. The lowest BCUT2D eigenvalue weighted by Gasteiger charge is -2.29. The summed E-state index contributed by atoms with van der Waals surface area (Å²) in [6.45, 7) is 0. The van der Waals surface area contributed by atoms with Gasteiger partial charge >= 0.3 is 0 Å². The summed E-state index contributed by atoms with van der Waals surface area (Å²) in [5.74, 6) is -0.405. The summed E-state index contributed by atoms with van der Waals surface area (Å²) in [5, 5.41) is 2.68. The Labute approximate surface area is 83.2 Å². The molecule has 3 N–H and O–H groups in total. The monoisotopic (exact) mass is 195 g/mol. The molecule has 2 fully saturated rings. The number of primary amides is 1. The van der Waals surface area contributed by atoms with Crippen molar-refractivity contribution in [3.8, 4) is 0 Å². The molecule has 0 aromatic rings. The molecule has 1 saturated heterocycles. The number of carbonyl (C=O) groups is 2. The third-order valence-corrected chi connectivity index (χ3v) is 3.32. The summed E-state index contributed by atoms with van der Waals surface area (Å²) >= 11 is 0. The van der Waals surface area contributed by atoms with Crippen molar-refractivity contribution in [2.75, 3.05) is 0 Å². The lowest BCUT2D eigenvalue weighted by atomic mass is 9.72. The van der Waals surface area contributed by atoms with Gasteiger partial charge < -0.3 is 11.1 Å². The normalized spacial score (nSPS) is 30.3. The maximum atomic E-state index is 11.7. The number of nitrogens with two attached hydrogens (primary N) is 1. The molecule has 2 aliphatic rings. The molecule has 1 heterocycles.